The Hall–Kier alpha value is -0.717. The number of carbonyl (C=O) groups excluding carboxylic acids is 4. The van der Waals surface area contributed by atoms with Gasteiger partial charge in [0.05, 0.1) is 30.5 Å². The number of aliphatic hydroxyl groups excluding tert-OH is 3. The van der Waals surface area contributed by atoms with Crippen molar-refractivity contribution in [1.82, 2.24) is 5.32 Å². The molecule has 1 aromatic heterocycles. The van der Waals surface area contributed by atoms with Gasteiger partial charge in [0.2, 0.25) is 0 Å². The van der Waals surface area contributed by atoms with Crippen LogP contribution < -0.4 is 5.32 Å². The van der Waals surface area contributed by atoms with Crippen molar-refractivity contribution < 1.29 is 156 Å². The summed E-state index contributed by atoms with van der Waals surface area (Å²) < 4.78 is 27.5. The molecule has 3 aliphatic carbocycles. The van der Waals surface area contributed by atoms with Crippen LogP contribution in [-0.2, 0) is 33.3 Å². The normalized spacial score (nSPS) is 36.3. The number of aliphatic hydroxyl groups is 5. The first-order chi connectivity index (χ1) is 22.9. The molecule has 276 valence electrons. The van der Waals surface area contributed by atoms with E-state index in [1.165, 1.54) is 46.1 Å². The molecule has 1 saturated heterocycles. The molecule has 5 rings (SSSR count). The molecule has 2 saturated carbocycles. The van der Waals surface area contributed by atoms with E-state index in [0.717, 1.165) is 6.92 Å². The van der Waals surface area contributed by atoms with Crippen molar-refractivity contribution in [2.24, 2.45) is 16.7 Å². The zero-order valence-electron chi connectivity index (χ0n) is 29.4. The van der Waals surface area contributed by atoms with Gasteiger partial charge in [-0.3, -0.25) is 9.59 Å². The summed E-state index contributed by atoms with van der Waals surface area (Å²) in [7, 11) is 0. The molecule has 51 heavy (non-hydrogen) atoms. The molecule has 2 radical (unpaired) electrons. The van der Waals surface area contributed by atoms with Gasteiger partial charge in [0.1, 0.15) is 47.9 Å². The Morgan fingerprint density at radius 2 is 1.80 bits per heavy atom. The molecule has 2 heterocycles. The molecule has 17 heteroatoms. The average Bonchev–Trinajstić information content (AvgIpc) is 3.56. The minimum atomic E-state index is -2.25. The fourth-order valence-electron chi connectivity index (χ4n) is 8.31. The van der Waals surface area contributed by atoms with Crippen LogP contribution in [0, 0.1) is 105 Å². The van der Waals surface area contributed by atoms with E-state index in [1.54, 1.807) is 19.1 Å². The first-order valence-corrected chi connectivity index (χ1v) is 16.2. The quantitative estimate of drug-likeness (QED) is 0.120. The first-order valence-electron chi connectivity index (χ1n) is 16.2. The molecular formula is C34H45Ac2NO14. The van der Waals surface area contributed by atoms with Gasteiger partial charge in [0.15, 0.2) is 11.9 Å². The SMILES string of the molecule is C/C=C/COC(=O)N[C@@H](c1ccco1)[C@@H](O)C(=O)O[C@H]1C[C@@]2(O)[C@@H](OC(C)=O)[C@@H]3[C@]4(O)CO[C@@H]4C[C@H](O)[C@@]3(C)C(=O)[C@H](O)C(=C1C)C2(C)C.[Ac].[Ac]. The van der Waals surface area contributed by atoms with Crippen LogP contribution in [0.15, 0.2) is 46.1 Å². The molecule has 1 aliphatic heterocycles. The fraction of sp³-hybridized carbons (Fsp3) is 0.647. The number of alkyl carbamates (subject to hydrolysis) is 1. The van der Waals surface area contributed by atoms with Crippen molar-refractivity contribution in [1.29, 1.82) is 0 Å². The summed E-state index contributed by atoms with van der Waals surface area (Å²) >= 11 is 0. The van der Waals surface area contributed by atoms with Gasteiger partial charge in [-0.05, 0) is 44.1 Å². The number of hydrogen-bond donors (Lipinski definition) is 6. The number of carbonyl (C=O) groups is 4. The van der Waals surface area contributed by atoms with E-state index in [-0.39, 0.29) is 125 Å². The van der Waals surface area contributed by atoms with Crippen LogP contribution >= 0.6 is 0 Å². The Kier molecular flexibility index (Phi) is 14.5. The second kappa shape index (κ2) is 16.6. The molecular weight excluding hydrogens is 1100 g/mol. The van der Waals surface area contributed by atoms with Crippen molar-refractivity contribution in [2.45, 2.75) is 108 Å². The predicted molar refractivity (Wildman–Crippen MR) is 166 cm³/mol. The maximum absolute atomic E-state index is 14.4. The molecule has 0 spiro atoms. The smallest absolute Gasteiger partial charge is 0.408 e. The number of esters is 2. The Labute approximate surface area is 367 Å². The molecule has 3 fully saturated rings. The number of ketones is 1. The number of fused-ring (bicyclic) bond motifs is 5. The molecule has 0 unspecified atom stereocenters. The van der Waals surface area contributed by atoms with Crippen molar-refractivity contribution >= 4 is 23.8 Å². The van der Waals surface area contributed by atoms with Crippen LogP contribution in [0.25, 0.3) is 0 Å². The molecule has 0 aromatic carbocycles. The number of nitrogens with one attached hydrogen (secondary N) is 1. The maximum Gasteiger partial charge on any atom is 0.408 e. The van der Waals surface area contributed by atoms with E-state index < -0.39 is 101 Å². The van der Waals surface area contributed by atoms with E-state index in [4.69, 9.17) is 23.4 Å². The predicted octanol–water partition coefficient (Wildman–Crippen LogP) is 0.766. The minimum Gasteiger partial charge on any atom is -0.467 e. The Morgan fingerprint density at radius 1 is 1.14 bits per heavy atom. The van der Waals surface area contributed by atoms with Crippen molar-refractivity contribution in [2.75, 3.05) is 13.2 Å². The van der Waals surface area contributed by atoms with E-state index in [1.807, 2.05) is 0 Å². The molecule has 11 atom stereocenters. The Morgan fingerprint density at radius 3 is 2.35 bits per heavy atom. The summed E-state index contributed by atoms with van der Waals surface area (Å²) in [5.74, 6) is -4.51. The number of furan rings is 1. The summed E-state index contributed by atoms with van der Waals surface area (Å²) in [4.78, 5) is 53.2. The third-order valence-electron chi connectivity index (χ3n) is 11.2. The Bertz CT molecular complexity index is 1550. The van der Waals surface area contributed by atoms with Crippen molar-refractivity contribution in [3.63, 3.8) is 0 Å². The molecule has 1 aromatic rings. The average molecular weight is 1150 g/mol. The van der Waals surface area contributed by atoms with Gasteiger partial charge in [-0.2, -0.15) is 0 Å². The van der Waals surface area contributed by atoms with Gasteiger partial charge >= 0.3 is 18.0 Å². The van der Waals surface area contributed by atoms with Gasteiger partial charge < -0.3 is 54.2 Å². The largest absolute Gasteiger partial charge is 0.467 e. The van der Waals surface area contributed by atoms with Crippen LogP contribution in [0.4, 0.5) is 4.79 Å². The van der Waals surface area contributed by atoms with Gasteiger partial charge in [-0.1, -0.05) is 26.0 Å². The zero-order chi connectivity index (χ0) is 36.3. The number of Topliss-reactive ketones (excluding diaryl/α,β-unsaturated/α-hetero) is 1. The van der Waals surface area contributed by atoms with Crippen LogP contribution in [0.3, 0.4) is 0 Å². The van der Waals surface area contributed by atoms with Gasteiger partial charge in [-0.15, -0.1) is 0 Å². The number of hydrogen-bond acceptors (Lipinski definition) is 14. The number of ether oxygens (including phenoxy) is 4. The summed E-state index contributed by atoms with van der Waals surface area (Å²) in [5, 5.41) is 61.6. The molecule has 15 nitrogen and oxygen atoms in total. The second-order valence-corrected chi connectivity index (χ2v) is 14.1. The minimum absolute atomic E-state index is 0. The second-order valence-electron chi connectivity index (χ2n) is 14.1. The van der Waals surface area contributed by atoms with Crippen LogP contribution in [0.1, 0.15) is 66.2 Å². The van der Waals surface area contributed by atoms with Crippen molar-refractivity contribution in [3.8, 4) is 0 Å². The van der Waals surface area contributed by atoms with E-state index in [0.29, 0.717) is 0 Å². The summed E-state index contributed by atoms with van der Waals surface area (Å²) in [6, 6.07) is 1.41. The summed E-state index contributed by atoms with van der Waals surface area (Å²) in [5.41, 5.74) is -7.46. The zero-order valence-corrected chi connectivity index (χ0v) is 38.9. The topological polar surface area (TPSA) is 232 Å². The maximum atomic E-state index is 14.4. The van der Waals surface area contributed by atoms with Crippen LogP contribution in [-0.4, -0.2) is 110 Å². The van der Waals surface area contributed by atoms with Gasteiger partial charge in [-0.25, -0.2) is 9.59 Å². The molecule has 1 amide bonds. The van der Waals surface area contributed by atoms with E-state index >= 15 is 0 Å². The number of allylic oxidation sites excluding steroid dienone is 1. The van der Waals surface area contributed by atoms with E-state index in [9.17, 15) is 44.7 Å². The van der Waals surface area contributed by atoms with Gasteiger partial charge in [0.25, 0.3) is 0 Å². The van der Waals surface area contributed by atoms with Crippen molar-refractivity contribution in [3.05, 3.63) is 47.5 Å². The standard InChI is InChI=1S/C34H45NO14.2Ac/c1-7-8-11-46-30(42)35-23(18-10-9-12-45-18)25(39)29(41)49-19-14-34(44)28(48-17(3)36)26-32(6,20(37)13-21-33(26,43)15-47-21)27(40)24(38)22(16(19)2)31(34,4)5;;/h7-10,12,19-21,23-26,28,37-39,43-44H,11,13-15H2,1-6H3,(H,35,42);;/b8-7+;;/t19-,20-,21+,23-,24+,25+,26-,28-,32+,33-,34+;;/m0../s1. The molecule has 6 N–H and O–H groups in total. The fourth-order valence-corrected chi connectivity index (χ4v) is 8.31. The molecule has 4 aliphatic rings. The monoisotopic (exact) mass is 1150 g/mol. The molecule has 2 bridgehead atoms. The van der Waals surface area contributed by atoms with Crippen LogP contribution in [0.5, 0.6) is 0 Å². The summed E-state index contributed by atoms with van der Waals surface area (Å²) in [6.45, 7) is 8.35. The third kappa shape index (κ3) is 7.49. The third-order valence-corrected chi connectivity index (χ3v) is 11.2. The van der Waals surface area contributed by atoms with Crippen LogP contribution in [0.2, 0.25) is 0 Å². The first kappa shape index (κ1) is 44.7. The number of rotatable bonds is 8. The Balaban J connectivity index is 0.00000351. The van der Waals surface area contributed by atoms with E-state index in [2.05, 4.69) is 5.32 Å². The van der Waals surface area contributed by atoms with Gasteiger partial charge in [0, 0.05) is 119 Å². The summed E-state index contributed by atoms with van der Waals surface area (Å²) in [6.07, 6.45) is -6.69. The number of amides is 1.